The standard InChI is InChI=1S/C15H20BrNO4S/c16-8-5-13-1-3-14(4-2-13)22(18,19)17-9-6-15(7-10-17)20-11-12-21-15/h1-4H,5-12H2. The predicted molar refractivity (Wildman–Crippen MR) is 86.6 cm³/mol. The maximum absolute atomic E-state index is 12.7. The number of hydrogen-bond acceptors (Lipinski definition) is 4. The lowest BCUT2D eigenvalue weighted by Crippen LogP contribution is -2.47. The molecule has 122 valence electrons. The minimum absolute atomic E-state index is 0.357. The van der Waals surface area contributed by atoms with Crippen LogP contribution in [0.2, 0.25) is 0 Å². The first kappa shape index (κ1) is 16.4. The van der Waals surface area contributed by atoms with Gasteiger partial charge < -0.3 is 9.47 Å². The summed E-state index contributed by atoms with van der Waals surface area (Å²) in [6.45, 7) is 2.07. The number of piperidine rings is 1. The third-order valence-corrected chi connectivity index (χ3v) is 6.55. The van der Waals surface area contributed by atoms with E-state index in [9.17, 15) is 8.42 Å². The van der Waals surface area contributed by atoms with Crippen LogP contribution in [-0.2, 0) is 25.9 Å². The zero-order valence-corrected chi connectivity index (χ0v) is 14.7. The number of aryl methyl sites for hydroxylation is 1. The van der Waals surface area contributed by atoms with Gasteiger partial charge in [-0.25, -0.2) is 8.42 Å². The molecule has 0 saturated carbocycles. The molecule has 2 aliphatic heterocycles. The molecule has 0 bridgehead atoms. The summed E-state index contributed by atoms with van der Waals surface area (Å²) in [5.74, 6) is -0.550. The second-order valence-corrected chi connectivity index (χ2v) is 8.33. The van der Waals surface area contributed by atoms with Gasteiger partial charge in [-0.2, -0.15) is 4.31 Å². The van der Waals surface area contributed by atoms with Crippen LogP contribution in [0.15, 0.2) is 29.2 Å². The van der Waals surface area contributed by atoms with Gasteiger partial charge in [0, 0.05) is 31.3 Å². The van der Waals surface area contributed by atoms with Crippen LogP contribution in [0.1, 0.15) is 18.4 Å². The van der Waals surface area contributed by atoms with Crippen molar-refractivity contribution in [2.45, 2.75) is 29.9 Å². The number of benzene rings is 1. The number of sulfonamides is 1. The fraction of sp³-hybridized carbons (Fsp3) is 0.600. The largest absolute Gasteiger partial charge is 0.347 e. The van der Waals surface area contributed by atoms with Gasteiger partial charge in [0.1, 0.15) is 0 Å². The molecular formula is C15H20BrNO4S. The Morgan fingerprint density at radius 2 is 1.68 bits per heavy atom. The molecule has 0 amide bonds. The van der Waals surface area contributed by atoms with Crippen LogP contribution in [0.3, 0.4) is 0 Å². The number of ether oxygens (including phenoxy) is 2. The Hall–Kier alpha value is -0.470. The Morgan fingerprint density at radius 1 is 1.09 bits per heavy atom. The number of alkyl halides is 1. The summed E-state index contributed by atoms with van der Waals surface area (Å²) >= 11 is 3.39. The lowest BCUT2D eigenvalue weighted by Gasteiger charge is -2.36. The van der Waals surface area contributed by atoms with Crippen molar-refractivity contribution in [1.29, 1.82) is 0 Å². The molecule has 0 aromatic heterocycles. The Balaban J connectivity index is 1.70. The molecule has 0 atom stereocenters. The average molecular weight is 390 g/mol. The molecule has 0 aliphatic carbocycles. The maximum Gasteiger partial charge on any atom is 0.243 e. The average Bonchev–Trinajstić information content (AvgIpc) is 2.97. The fourth-order valence-corrected chi connectivity index (χ4v) is 4.84. The van der Waals surface area contributed by atoms with E-state index in [0.29, 0.717) is 44.0 Å². The van der Waals surface area contributed by atoms with Gasteiger partial charge in [-0.3, -0.25) is 0 Å². The van der Waals surface area contributed by atoms with E-state index in [4.69, 9.17) is 9.47 Å². The zero-order valence-electron chi connectivity index (χ0n) is 12.3. The Kier molecular flexibility index (Phi) is 4.89. The molecule has 2 saturated heterocycles. The van der Waals surface area contributed by atoms with Crippen molar-refractivity contribution in [3.05, 3.63) is 29.8 Å². The summed E-state index contributed by atoms with van der Waals surface area (Å²) < 4.78 is 38.2. The molecule has 0 unspecified atom stereocenters. The quantitative estimate of drug-likeness (QED) is 0.740. The highest BCUT2D eigenvalue weighted by molar-refractivity contribution is 9.09. The van der Waals surface area contributed by atoms with E-state index < -0.39 is 15.8 Å². The van der Waals surface area contributed by atoms with Crippen LogP contribution in [0.25, 0.3) is 0 Å². The summed E-state index contributed by atoms with van der Waals surface area (Å²) in [6, 6.07) is 7.14. The normalized spacial score (nSPS) is 22.2. The second kappa shape index (κ2) is 6.57. The third kappa shape index (κ3) is 3.23. The Bertz CT molecular complexity index is 601. The highest BCUT2D eigenvalue weighted by Crippen LogP contribution is 2.33. The Morgan fingerprint density at radius 3 is 2.23 bits per heavy atom. The first-order chi connectivity index (χ1) is 10.6. The monoisotopic (exact) mass is 389 g/mol. The predicted octanol–water partition coefficient (Wildman–Crippen LogP) is 2.15. The van der Waals surface area contributed by atoms with E-state index in [1.165, 1.54) is 4.31 Å². The van der Waals surface area contributed by atoms with Crippen molar-refractivity contribution in [1.82, 2.24) is 4.31 Å². The molecule has 2 aliphatic rings. The van der Waals surface area contributed by atoms with Gasteiger partial charge in [-0.15, -0.1) is 0 Å². The highest BCUT2D eigenvalue weighted by Gasteiger charge is 2.42. The zero-order chi connectivity index (χ0) is 15.6. The van der Waals surface area contributed by atoms with Crippen LogP contribution in [0.4, 0.5) is 0 Å². The topological polar surface area (TPSA) is 55.8 Å². The van der Waals surface area contributed by atoms with Crippen molar-refractivity contribution in [3.8, 4) is 0 Å². The molecule has 22 heavy (non-hydrogen) atoms. The van der Waals surface area contributed by atoms with Crippen molar-refractivity contribution in [2.24, 2.45) is 0 Å². The van der Waals surface area contributed by atoms with Crippen LogP contribution in [0, 0.1) is 0 Å². The van der Waals surface area contributed by atoms with Crippen molar-refractivity contribution >= 4 is 26.0 Å². The first-order valence-corrected chi connectivity index (χ1v) is 10.0. The first-order valence-electron chi connectivity index (χ1n) is 7.49. The van der Waals surface area contributed by atoms with Gasteiger partial charge in [-0.05, 0) is 24.1 Å². The third-order valence-electron chi connectivity index (χ3n) is 4.24. The smallest absolute Gasteiger partial charge is 0.243 e. The van der Waals surface area contributed by atoms with E-state index in [-0.39, 0.29) is 0 Å². The summed E-state index contributed by atoms with van der Waals surface area (Å²) in [6.07, 6.45) is 2.07. The molecule has 2 fully saturated rings. The Labute approximate surface area is 139 Å². The molecule has 0 radical (unpaired) electrons. The lowest BCUT2D eigenvalue weighted by molar-refractivity contribution is -0.179. The number of nitrogens with zero attached hydrogens (tertiary/aromatic N) is 1. The number of hydrogen-bond donors (Lipinski definition) is 0. The van der Waals surface area contributed by atoms with Crippen molar-refractivity contribution in [3.63, 3.8) is 0 Å². The molecule has 1 aromatic carbocycles. The van der Waals surface area contributed by atoms with Crippen molar-refractivity contribution < 1.29 is 17.9 Å². The molecular weight excluding hydrogens is 370 g/mol. The summed E-state index contributed by atoms with van der Waals surface area (Å²) in [7, 11) is -3.43. The fourth-order valence-electron chi connectivity index (χ4n) is 2.94. The van der Waals surface area contributed by atoms with Gasteiger partial charge in [-0.1, -0.05) is 28.1 Å². The van der Waals surface area contributed by atoms with E-state index in [1.807, 2.05) is 12.1 Å². The van der Waals surface area contributed by atoms with E-state index in [1.54, 1.807) is 12.1 Å². The molecule has 7 heteroatoms. The SMILES string of the molecule is O=S(=O)(c1ccc(CCBr)cc1)N1CCC2(CC1)OCCO2. The van der Waals surface area contributed by atoms with E-state index >= 15 is 0 Å². The molecule has 1 spiro atoms. The van der Waals surface area contributed by atoms with Crippen LogP contribution < -0.4 is 0 Å². The van der Waals surface area contributed by atoms with E-state index in [0.717, 1.165) is 17.3 Å². The summed E-state index contributed by atoms with van der Waals surface area (Å²) in [4.78, 5) is 0.357. The van der Waals surface area contributed by atoms with Crippen LogP contribution in [0.5, 0.6) is 0 Å². The maximum atomic E-state index is 12.7. The van der Waals surface area contributed by atoms with Gasteiger partial charge in [0.25, 0.3) is 0 Å². The van der Waals surface area contributed by atoms with Gasteiger partial charge >= 0.3 is 0 Å². The summed E-state index contributed by atoms with van der Waals surface area (Å²) in [5.41, 5.74) is 1.13. The lowest BCUT2D eigenvalue weighted by atomic mass is 10.1. The van der Waals surface area contributed by atoms with Gasteiger partial charge in [0.15, 0.2) is 5.79 Å². The molecule has 2 heterocycles. The van der Waals surface area contributed by atoms with Crippen LogP contribution in [-0.4, -0.2) is 50.1 Å². The molecule has 3 rings (SSSR count). The summed E-state index contributed by atoms with van der Waals surface area (Å²) in [5, 5.41) is 0.868. The second-order valence-electron chi connectivity index (χ2n) is 5.59. The minimum Gasteiger partial charge on any atom is -0.347 e. The van der Waals surface area contributed by atoms with E-state index in [2.05, 4.69) is 15.9 Å². The van der Waals surface area contributed by atoms with Gasteiger partial charge in [0.05, 0.1) is 18.1 Å². The number of halogens is 1. The van der Waals surface area contributed by atoms with Crippen molar-refractivity contribution in [2.75, 3.05) is 31.6 Å². The van der Waals surface area contributed by atoms with Gasteiger partial charge in [0.2, 0.25) is 10.0 Å². The minimum atomic E-state index is -3.43. The molecule has 5 nitrogen and oxygen atoms in total. The molecule has 0 N–H and O–H groups in total. The van der Waals surface area contributed by atoms with Crippen LogP contribution >= 0.6 is 15.9 Å². The molecule has 1 aromatic rings. The highest BCUT2D eigenvalue weighted by atomic mass is 79.9. The number of rotatable bonds is 4.